The number of carboxylic acid groups (broad SMARTS) is 1. The Morgan fingerprint density at radius 1 is 1.14 bits per heavy atom. The van der Waals surface area contributed by atoms with Gasteiger partial charge < -0.3 is 10.4 Å². The van der Waals surface area contributed by atoms with Crippen LogP contribution in [-0.2, 0) is 4.79 Å². The minimum atomic E-state index is -0.685. The Hall–Kier alpha value is -0.570. The van der Waals surface area contributed by atoms with Crippen molar-refractivity contribution >= 4 is 5.97 Å². The number of aliphatic carboxylic acids is 1. The van der Waals surface area contributed by atoms with Crippen molar-refractivity contribution in [3.63, 3.8) is 0 Å². The molecule has 14 heavy (non-hydrogen) atoms. The molecule has 2 N–H and O–H groups in total. The number of carboxylic acids is 1. The second-order valence-corrected chi connectivity index (χ2v) is 4.65. The predicted octanol–water partition coefficient (Wildman–Crippen LogP) is 1.77. The summed E-state index contributed by atoms with van der Waals surface area (Å²) in [4.78, 5) is 10.6. The van der Waals surface area contributed by atoms with Crippen LogP contribution in [0.4, 0.5) is 0 Å². The highest BCUT2D eigenvalue weighted by Crippen LogP contribution is 2.31. The van der Waals surface area contributed by atoms with E-state index in [0.29, 0.717) is 6.04 Å². The summed E-state index contributed by atoms with van der Waals surface area (Å²) in [6, 6.07) is 0.234. The molecule has 0 bridgehead atoms. The van der Waals surface area contributed by atoms with Gasteiger partial charge in [-0.1, -0.05) is 25.7 Å². The van der Waals surface area contributed by atoms with Gasteiger partial charge in [-0.2, -0.15) is 0 Å². The lowest BCUT2D eigenvalue weighted by molar-refractivity contribution is -0.142. The molecule has 1 aliphatic heterocycles. The van der Waals surface area contributed by atoms with E-state index < -0.39 is 5.97 Å². The topological polar surface area (TPSA) is 49.3 Å². The molecule has 0 amide bonds. The Morgan fingerprint density at radius 2 is 1.71 bits per heavy atom. The van der Waals surface area contributed by atoms with Gasteiger partial charge in [-0.05, 0) is 25.2 Å². The lowest BCUT2D eigenvalue weighted by Crippen LogP contribution is -2.59. The normalized spacial score (nSPS) is 34.6. The Bertz CT molecular complexity index is 203. The molecular formula is C11H19NO2. The maximum atomic E-state index is 10.6. The van der Waals surface area contributed by atoms with Crippen molar-refractivity contribution in [1.82, 2.24) is 5.32 Å². The summed E-state index contributed by atoms with van der Waals surface area (Å²) in [5.41, 5.74) is 0. The summed E-state index contributed by atoms with van der Waals surface area (Å²) in [7, 11) is 0. The molecule has 2 fully saturated rings. The van der Waals surface area contributed by atoms with Crippen LogP contribution in [0.5, 0.6) is 0 Å². The SMILES string of the molecule is O=C(O)C1CC(C2CCCCCC2)N1. The molecule has 80 valence electrons. The average Bonchev–Trinajstić information content (AvgIpc) is 2.29. The highest BCUT2D eigenvalue weighted by Gasteiger charge is 2.37. The van der Waals surface area contributed by atoms with E-state index in [-0.39, 0.29) is 6.04 Å². The second-order valence-electron chi connectivity index (χ2n) is 4.65. The molecule has 1 saturated carbocycles. The van der Waals surface area contributed by atoms with Crippen LogP contribution in [0.25, 0.3) is 0 Å². The third-order valence-electron chi connectivity index (χ3n) is 3.67. The summed E-state index contributed by atoms with van der Waals surface area (Å²) < 4.78 is 0. The van der Waals surface area contributed by atoms with Gasteiger partial charge in [-0.15, -0.1) is 0 Å². The van der Waals surface area contributed by atoms with E-state index in [9.17, 15) is 4.79 Å². The van der Waals surface area contributed by atoms with Crippen molar-refractivity contribution < 1.29 is 9.90 Å². The van der Waals surface area contributed by atoms with E-state index in [2.05, 4.69) is 5.32 Å². The fraction of sp³-hybridized carbons (Fsp3) is 0.909. The molecule has 1 saturated heterocycles. The lowest BCUT2D eigenvalue weighted by atomic mass is 9.82. The monoisotopic (exact) mass is 197 g/mol. The fourth-order valence-corrected chi connectivity index (χ4v) is 2.70. The van der Waals surface area contributed by atoms with Crippen LogP contribution in [0.15, 0.2) is 0 Å². The van der Waals surface area contributed by atoms with Gasteiger partial charge in [0, 0.05) is 6.04 Å². The van der Waals surface area contributed by atoms with Gasteiger partial charge in [0.05, 0.1) is 0 Å². The van der Waals surface area contributed by atoms with Crippen LogP contribution in [0.1, 0.15) is 44.9 Å². The molecule has 1 heterocycles. The van der Waals surface area contributed by atoms with Gasteiger partial charge in [-0.3, -0.25) is 4.79 Å². The first kappa shape index (κ1) is 9.97. The Labute approximate surface area is 84.9 Å². The first-order valence-electron chi connectivity index (χ1n) is 5.76. The summed E-state index contributed by atoms with van der Waals surface area (Å²) >= 11 is 0. The largest absolute Gasteiger partial charge is 0.480 e. The molecule has 0 aromatic carbocycles. The van der Waals surface area contributed by atoms with Crippen LogP contribution >= 0.6 is 0 Å². The highest BCUT2D eigenvalue weighted by molar-refractivity contribution is 5.74. The molecule has 1 aliphatic carbocycles. The predicted molar refractivity (Wildman–Crippen MR) is 54.2 cm³/mol. The Morgan fingerprint density at radius 3 is 2.21 bits per heavy atom. The first-order valence-corrected chi connectivity index (χ1v) is 5.76. The van der Waals surface area contributed by atoms with Crippen LogP contribution in [0, 0.1) is 5.92 Å². The van der Waals surface area contributed by atoms with Gasteiger partial charge in [0.15, 0.2) is 0 Å². The maximum absolute atomic E-state index is 10.6. The van der Waals surface area contributed by atoms with E-state index in [1.165, 1.54) is 38.5 Å². The first-order chi connectivity index (χ1) is 6.77. The zero-order valence-corrected chi connectivity index (χ0v) is 8.54. The van der Waals surface area contributed by atoms with Crippen molar-refractivity contribution in [1.29, 1.82) is 0 Å². The van der Waals surface area contributed by atoms with Gasteiger partial charge in [0.25, 0.3) is 0 Å². The molecule has 2 aliphatic rings. The van der Waals surface area contributed by atoms with Crippen molar-refractivity contribution in [2.75, 3.05) is 0 Å². The molecule has 0 aromatic rings. The summed E-state index contributed by atoms with van der Waals surface area (Å²) in [5.74, 6) is 0.0583. The molecule has 0 aromatic heterocycles. The standard InChI is InChI=1S/C11H19NO2/c13-11(14)10-7-9(12-10)8-5-3-1-2-4-6-8/h8-10,12H,1-7H2,(H,13,14). The van der Waals surface area contributed by atoms with E-state index in [0.717, 1.165) is 12.3 Å². The lowest BCUT2D eigenvalue weighted by Gasteiger charge is -2.39. The van der Waals surface area contributed by atoms with Crippen molar-refractivity contribution in [3.8, 4) is 0 Å². The molecule has 3 nitrogen and oxygen atoms in total. The zero-order chi connectivity index (χ0) is 9.97. The number of hydrogen-bond donors (Lipinski definition) is 2. The van der Waals surface area contributed by atoms with Crippen molar-refractivity contribution in [2.45, 2.75) is 57.0 Å². The minimum Gasteiger partial charge on any atom is -0.480 e. The number of nitrogens with one attached hydrogen (secondary N) is 1. The average molecular weight is 197 g/mol. The molecule has 2 rings (SSSR count). The third-order valence-corrected chi connectivity index (χ3v) is 3.67. The number of carbonyl (C=O) groups is 1. The number of rotatable bonds is 2. The van der Waals surface area contributed by atoms with Crippen LogP contribution in [0.2, 0.25) is 0 Å². The zero-order valence-electron chi connectivity index (χ0n) is 8.54. The second kappa shape index (κ2) is 4.30. The molecule has 2 atom stereocenters. The summed E-state index contributed by atoms with van der Waals surface area (Å²) in [6.45, 7) is 0. The van der Waals surface area contributed by atoms with Gasteiger partial charge in [-0.25, -0.2) is 0 Å². The summed E-state index contributed by atoms with van der Waals surface area (Å²) in [5, 5.41) is 11.9. The number of hydrogen-bond acceptors (Lipinski definition) is 2. The van der Waals surface area contributed by atoms with E-state index in [1.807, 2.05) is 0 Å². The Balaban J connectivity index is 1.77. The fourth-order valence-electron chi connectivity index (χ4n) is 2.70. The van der Waals surface area contributed by atoms with E-state index >= 15 is 0 Å². The summed E-state index contributed by atoms with van der Waals surface area (Å²) in [6.07, 6.45) is 8.84. The smallest absolute Gasteiger partial charge is 0.320 e. The van der Waals surface area contributed by atoms with Gasteiger partial charge in [0.1, 0.15) is 6.04 Å². The quantitative estimate of drug-likeness (QED) is 0.663. The third kappa shape index (κ3) is 2.08. The Kier molecular flexibility index (Phi) is 3.06. The maximum Gasteiger partial charge on any atom is 0.320 e. The molecule has 0 radical (unpaired) electrons. The van der Waals surface area contributed by atoms with Crippen molar-refractivity contribution in [2.24, 2.45) is 5.92 Å². The molecule has 3 heteroatoms. The molecule has 0 spiro atoms. The molecule has 2 unspecified atom stereocenters. The van der Waals surface area contributed by atoms with Crippen LogP contribution in [0.3, 0.4) is 0 Å². The minimum absolute atomic E-state index is 0.261. The van der Waals surface area contributed by atoms with Crippen LogP contribution in [-0.4, -0.2) is 23.2 Å². The van der Waals surface area contributed by atoms with Gasteiger partial charge >= 0.3 is 5.97 Å². The van der Waals surface area contributed by atoms with E-state index in [4.69, 9.17) is 5.11 Å². The van der Waals surface area contributed by atoms with E-state index in [1.54, 1.807) is 0 Å². The van der Waals surface area contributed by atoms with Gasteiger partial charge in [0.2, 0.25) is 0 Å². The molecular weight excluding hydrogens is 178 g/mol. The van der Waals surface area contributed by atoms with Crippen LogP contribution < -0.4 is 5.32 Å². The highest BCUT2D eigenvalue weighted by atomic mass is 16.4. The van der Waals surface area contributed by atoms with Crippen molar-refractivity contribution in [3.05, 3.63) is 0 Å².